The minimum absolute atomic E-state index is 0.155. The first-order valence-corrected chi connectivity index (χ1v) is 31.7. The summed E-state index contributed by atoms with van der Waals surface area (Å²) < 4.78 is 39.6. The molecular weight excluding hydrogens is 952 g/mol. The molecule has 0 aliphatic carbocycles. The Kier molecular flexibility index (Phi) is 54.2. The van der Waals surface area contributed by atoms with Crippen LogP contribution in [-0.4, -0.2) is 66.5 Å². The lowest BCUT2D eigenvalue weighted by atomic mass is 10.0. The molecule has 0 saturated heterocycles. The molecule has 0 radical (unpaired) electrons. The highest BCUT2D eigenvalue weighted by Gasteiger charge is 2.28. The summed E-state index contributed by atoms with van der Waals surface area (Å²) in [4.78, 5) is 48.6. The normalized spacial score (nSPS) is 13.7. The number of carbonyl (C=O) groups excluding carboxylic acids is 3. The predicted molar refractivity (Wildman–Crippen MR) is 307 cm³/mol. The Morgan fingerprint density at radius 3 is 1.11 bits per heavy atom. The Balaban J connectivity index is 4.73. The quantitative estimate of drug-likeness (QED) is 0.0197. The molecule has 3 atom stereocenters. The van der Waals surface area contributed by atoms with Crippen LogP contribution in [0.25, 0.3) is 0 Å². The van der Waals surface area contributed by atoms with Gasteiger partial charge < -0.3 is 24.2 Å². The summed E-state index contributed by atoms with van der Waals surface area (Å²) in [6.45, 7) is 4.52. The van der Waals surface area contributed by atoms with E-state index in [1.807, 2.05) is 0 Å². The molecule has 0 aromatic carbocycles. The first kappa shape index (κ1) is 71.2. The first-order valence-electron chi connectivity index (χ1n) is 30.2. The third kappa shape index (κ3) is 54.0. The van der Waals surface area contributed by atoms with Crippen LogP contribution in [0.15, 0.2) is 60.8 Å². The fraction of sp³-hybridized carbons (Fsp3) is 0.790. The average Bonchev–Trinajstić information content (AvgIpc) is 3.39. The van der Waals surface area contributed by atoms with E-state index in [4.69, 9.17) is 23.3 Å². The zero-order valence-electron chi connectivity index (χ0n) is 47.6. The van der Waals surface area contributed by atoms with Crippen LogP contribution in [0.1, 0.15) is 278 Å². The van der Waals surface area contributed by atoms with E-state index >= 15 is 0 Å². The van der Waals surface area contributed by atoms with E-state index in [1.54, 1.807) is 0 Å². The van der Waals surface area contributed by atoms with Gasteiger partial charge in [-0.05, 0) is 83.5 Å². The Morgan fingerprint density at radius 2 is 0.703 bits per heavy atom. The minimum atomic E-state index is -4.75. The van der Waals surface area contributed by atoms with Crippen LogP contribution in [-0.2, 0) is 42.2 Å². The van der Waals surface area contributed by atoms with Gasteiger partial charge in [-0.2, -0.15) is 0 Å². The lowest BCUT2D eigenvalue weighted by Crippen LogP contribution is -2.30. The zero-order valence-corrected chi connectivity index (χ0v) is 48.5. The van der Waals surface area contributed by atoms with Crippen molar-refractivity contribution in [2.45, 2.75) is 290 Å². The van der Waals surface area contributed by atoms with E-state index in [2.05, 4.69) is 81.5 Å². The number of unbranched alkanes of at least 4 members (excludes halogenated alkanes) is 29. The molecule has 0 spiro atoms. The summed E-state index contributed by atoms with van der Waals surface area (Å²) in [5.41, 5.74) is 0. The molecule has 12 heteroatoms. The topological polar surface area (TPSA) is 155 Å². The second kappa shape index (κ2) is 56.4. The van der Waals surface area contributed by atoms with Crippen LogP contribution in [0.3, 0.4) is 0 Å². The molecule has 74 heavy (non-hydrogen) atoms. The van der Waals surface area contributed by atoms with Crippen molar-refractivity contribution in [3.8, 4) is 0 Å². The van der Waals surface area contributed by atoms with Gasteiger partial charge in [0, 0.05) is 19.3 Å². The molecule has 430 valence electrons. The largest absolute Gasteiger partial charge is 0.472 e. The number of aliphatic hydroxyl groups excluding tert-OH is 1. The molecule has 0 bridgehead atoms. The molecule has 0 rings (SSSR count). The summed E-state index contributed by atoms with van der Waals surface area (Å²) in [6.07, 6.45) is 61.7. The van der Waals surface area contributed by atoms with E-state index in [-0.39, 0.29) is 25.9 Å². The molecule has 0 saturated carbocycles. The van der Waals surface area contributed by atoms with Crippen LogP contribution in [0.2, 0.25) is 0 Å². The predicted octanol–water partition coefficient (Wildman–Crippen LogP) is 17.9. The third-order valence-electron chi connectivity index (χ3n) is 12.9. The molecule has 0 aliphatic heterocycles. The van der Waals surface area contributed by atoms with Gasteiger partial charge in [0.15, 0.2) is 6.10 Å². The maximum Gasteiger partial charge on any atom is 0.472 e. The molecule has 0 aromatic heterocycles. The molecule has 0 aliphatic rings. The van der Waals surface area contributed by atoms with Gasteiger partial charge in [0.05, 0.1) is 19.8 Å². The fourth-order valence-corrected chi connectivity index (χ4v) is 9.13. The molecule has 0 fully saturated rings. The average molecular weight is 1060 g/mol. The van der Waals surface area contributed by atoms with Crippen LogP contribution in [0.5, 0.6) is 0 Å². The summed E-state index contributed by atoms with van der Waals surface area (Å²) in [5.74, 6) is -1.47. The van der Waals surface area contributed by atoms with Crippen LogP contribution in [0.4, 0.5) is 0 Å². The number of carbonyl (C=O) groups is 3. The number of hydrogen-bond acceptors (Lipinski definition) is 10. The van der Waals surface area contributed by atoms with Gasteiger partial charge in [-0.3, -0.25) is 23.4 Å². The van der Waals surface area contributed by atoms with Crippen LogP contribution < -0.4 is 0 Å². The van der Waals surface area contributed by atoms with Crippen molar-refractivity contribution in [3.05, 3.63) is 60.8 Å². The highest BCUT2D eigenvalue weighted by atomic mass is 31.2. The van der Waals surface area contributed by atoms with E-state index < -0.39 is 57.8 Å². The summed E-state index contributed by atoms with van der Waals surface area (Å²) in [6, 6.07) is 0. The number of phosphoric ester groups is 1. The molecule has 0 aromatic rings. The Bertz CT molecular complexity index is 1470. The maximum atomic E-state index is 12.9. The van der Waals surface area contributed by atoms with Crippen molar-refractivity contribution < 1.29 is 52.2 Å². The van der Waals surface area contributed by atoms with E-state index in [0.717, 1.165) is 109 Å². The van der Waals surface area contributed by atoms with Gasteiger partial charge in [-0.15, -0.1) is 0 Å². The van der Waals surface area contributed by atoms with Crippen molar-refractivity contribution in [1.29, 1.82) is 0 Å². The molecule has 2 N–H and O–H groups in total. The monoisotopic (exact) mass is 1060 g/mol. The number of phosphoric acid groups is 1. The second-order valence-electron chi connectivity index (χ2n) is 20.1. The smallest absolute Gasteiger partial charge is 0.462 e. The van der Waals surface area contributed by atoms with Gasteiger partial charge in [0.25, 0.3) is 0 Å². The molecule has 11 nitrogen and oxygen atoms in total. The Hall–Kier alpha value is -2.82. The van der Waals surface area contributed by atoms with Crippen molar-refractivity contribution in [3.63, 3.8) is 0 Å². The van der Waals surface area contributed by atoms with Crippen LogP contribution in [0, 0.1) is 0 Å². The minimum Gasteiger partial charge on any atom is -0.462 e. The number of aliphatic hydroxyl groups is 1. The third-order valence-corrected chi connectivity index (χ3v) is 13.9. The van der Waals surface area contributed by atoms with Gasteiger partial charge in [-0.25, -0.2) is 4.57 Å². The van der Waals surface area contributed by atoms with Crippen molar-refractivity contribution in [2.24, 2.45) is 0 Å². The van der Waals surface area contributed by atoms with E-state index in [1.165, 1.54) is 109 Å². The van der Waals surface area contributed by atoms with Gasteiger partial charge in [0.2, 0.25) is 0 Å². The number of allylic oxidation sites excluding steroid dienone is 10. The van der Waals surface area contributed by atoms with Gasteiger partial charge in [0.1, 0.15) is 12.7 Å². The van der Waals surface area contributed by atoms with Crippen molar-refractivity contribution in [2.75, 3.05) is 26.4 Å². The second-order valence-corrected chi connectivity index (χ2v) is 21.6. The SMILES string of the molecule is CC/C=C\C/C=C\C/C=C\CCCCCCCCCC(=O)OC(COC(=O)CCCCCCCCC/C=C\C/C=C\CCCCC)COP(=O)(O)OCC(CO)OC(=O)CCCCCCCCCCCCCCC. The van der Waals surface area contributed by atoms with Gasteiger partial charge >= 0.3 is 25.7 Å². The van der Waals surface area contributed by atoms with E-state index in [0.29, 0.717) is 19.3 Å². The number of hydrogen-bond donors (Lipinski definition) is 2. The number of rotatable bonds is 56. The summed E-state index contributed by atoms with van der Waals surface area (Å²) >= 11 is 0. The van der Waals surface area contributed by atoms with E-state index in [9.17, 15) is 28.9 Å². The lowest BCUT2D eigenvalue weighted by molar-refractivity contribution is -0.161. The van der Waals surface area contributed by atoms with Gasteiger partial charge in [-0.1, -0.05) is 236 Å². The highest BCUT2D eigenvalue weighted by Crippen LogP contribution is 2.43. The molecular formula is C62H111O11P. The molecule has 0 amide bonds. The number of esters is 3. The Labute approximate surface area is 453 Å². The van der Waals surface area contributed by atoms with Crippen molar-refractivity contribution >= 4 is 25.7 Å². The van der Waals surface area contributed by atoms with Crippen LogP contribution >= 0.6 is 7.82 Å². The maximum absolute atomic E-state index is 12.9. The summed E-state index contributed by atoms with van der Waals surface area (Å²) in [7, 11) is -4.75. The fourth-order valence-electron chi connectivity index (χ4n) is 8.34. The zero-order chi connectivity index (χ0) is 54.1. The lowest BCUT2D eigenvalue weighted by Gasteiger charge is -2.21. The molecule has 0 heterocycles. The molecule has 3 unspecified atom stereocenters. The number of ether oxygens (including phenoxy) is 3. The standard InChI is InChI=1S/C62H111O11P/c1-4-7-10-13-16-19-22-25-27-29-31-34-36-39-42-45-48-51-60(64)69-55-59(73-62(66)53-50-47-44-41-38-35-32-30-28-26-23-20-17-14-11-8-5-2)57-71-74(67,68)70-56-58(54-63)72-61(65)52-49-46-43-40-37-33-24-21-18-15-12-9-6-3/h8,11,16-17,19-20,25-28,58-59,63H,4-7,9-10,12-15,18,21-24,29-57H2,1-3H3,(H,67,68)/b11-8-,19-16-,20-17-,27-25-,28-26-. The first-order chi connectivity index (χ1) is 36.2. The Morgan fingerprint density at radius 1 is 0.392 bits per heavy atom. The summed E-state index contributed by atoms with van der Waals surface area (Å²) in [5, 5.41) is 9.82. The van der Waals surface area contributed by atoms with Crippen molar-refractivity contribution in [1.82, 2.24) is 0 Å². The highest BCUT2D eigenvalue weighted by molar-refractivity contribution is 7.47.